The van der Waals surface area contributed by atoms with E-state index in [1.165, 1.54) is 12.1 Å². The van der Waals surface area contributed by atoms with Gasteiger partial charge in [0.1, 0.15) is 17.5 Å². The van der Waals surface area contributed by atoms with Gasteiger partial charge in [-0.1, -0.05) is 29.8 Å². The molecule has 2 aromatic rings. The van der Waals surface area contributed by atoms with Crippen molar-refractivity contribution >= 4 is 23.5 Å². The molecule has 0 aromatic heterocycles. The molecule has 1 saturated heterocycles. The summed E-state index contributed by atoms with van der Waals surface area (Å²) in [6.45, 7) is 6.68. The zero-order chi connectivity index (χ0) is 23.3. The molecular weight excluding hydrogens is 407 g/mol. The third-order valence-corrected chi connectivity index (χ3v) is 5.22. The number of aliphatic hydroxyl groups is 1. The Balaban J connectivity index is 1.87. The molecule has 1 fully saturated rings. The van der Waals surface area contributed by atoms with Crippen LogP contribution in [-0.4, -0.2) is 58.9 Å². The quantitative estimate of drug-likeness (QED) is 0.718. The monoisotopic (exact) mass is 438 g/mol. The topological polar surface area (TPSA) is 68.2 Å². The smallest absolute Gasteiger partial charge is 0.225 e. The lowest BCUT2D eigenvalue weighted by Crippen LogP contribution is -2.53. The number of carbonyl (C=O) groups is 1. The van der Waals surface area contributed by atoms with Gasteiger partial charge in [-0.2, -0.15) is 0 Å². The number of piperazine rings is 1. The highest BCUT2D eigenvalue weighted by atomic mass is 19.1. The minimum atomic E-state index is -1.06. The maximum Gasteiger partial charge on any atom is 0.225 e. The van der Waals surface area contributed by atoms with Crippen LogP contribution in [0.1, 0.15) is 31.4 Å². The molecular formula is C25H31FN4O2. The van der Waals surface area contributed by atoms with E-state index in [2.05, 4.69) is 10.3 Å². The summed E-state index contributed by atoms with van der Waals surface area (Å²) in [4.78, 5) is 20.8. The number of aryl methyl sites for hydroxylation is 1. The summed E-state index contributed by atoms with van der Waals surface area (Å²) >= 11 is 0. The molecule has 32 heavy (non-hydrogen) atoms. The Hall–Kier alpha value is -3.19. The Morgan fingerprint density at radius 2 is 1.81 bits per heavy atom. The first-order valence-electron chi connectivity index (χ1n) is 10.7. The van der Waals surface area contributed by atoms with Crippen LogP contribution in [0.2, 0.25) is 0 Å². The molecule has 2 N–H and O–H groups in total. The number of rotatable bonds is 6. The molecule has 1 aliphatic rings. The predicted octanol–water partition coefficient (Wildman–Crippen LogP) is 3.88. The number of hydrogen-bond acceptors (Lipinski definition) is 4. The number of hydrogen-bond donors (Lipinski definition) is 2. The molecule has 0 saturated carbocycles. The number of benzene rings is 2. The Morgan fingerprint density at radius 1 is 1.16 bits per heavy atom. The van der Waals surface area contributed by atoms with Gasteiger partial charge in [0.05, 0.1) is 18.6 Å². The van der Waals surface area contributed by atoms with Gasteiger partial charge in [0, 0.05) is 25.8 Å². The second-order valence-electron chi connectivity index (χ2n) is 8.67. The molecule has 6 nitrogen and oxygen atoms in total. The normalized spacial score (nSPS) is 16.4. The van der Waals surface area contributed by atoms with E-state index in [0.29, 0.717) is 19.6 Å². The second kappa shape index (κ2) is 9.96. The van der Waals surface area contributed by atoms with Gasteiger partial charge in [-0.05, 0) is 56.7 Å². The van der Waals surface area contributed by atoms with E-state index in [4.69, 9.17) is 0 Å². The third-order valence-electron chi connectivity index (χ3n) is 5.22. The Morgan fingerprint density at radius 3 is 2.41 bits per heavy atom. The van der Waals surface area contributed by atoms with Crippen LogP contribution < -0.4 is 5.32 Å². The van der Waals surface area contributed by atoms with Crippen LogP contribution in [-0.2, 0) is 4.79 Å². The average Bonchev–Trinajstić information content (AvgIpc) is 2.74. The van der Waals surface area contributed by atoms with E-state index in [9.17, 15) is 14.3 Å². The SMILES string of the molecule is CN=C1CN(C(=O)CC(C)(C)O)CCN1/C(=C/c1ccc(F)cc1)Nc1ccc(C)cc1. The number of halogens is 1. The summed E-state index contributed by atoms with van der Waals surface area (Å²) in [7, 11) is 1.70. The molecule has 1 heterocycles. The maximum absolute atomic E-state index is 13.4. The van der Waals surface area contributed by atoms with Crippen molar-refractivity contribution < 1.29 is 14.3 Å². The number of aliphatic imine (C=N–C) groups is 1. The first-order chi connectivity index (χ1) is 15.1. The summed E-state index contributed by atoms with van der Waals surface area (Å²) in [6.07, 6.45) is 2.00. The van der Waals surface area contributed by atoms with Gasteiger partial charge >= 0.3 is 0 Å². The molecule has 0 aliphatic carbocycles. The summed E-state index contributed by atoms with van der Waals surface area (Å²) < 4.78 is 13.4. The molecule has 170 valence electrons. The highest BCUT2D eigenvalue weighted by molar-refractivity contribution is 5.92. The zero-order valence-corrected chi connectivity index (χ0v) is 19.1. The molecule has 1 aliphatic heterocycles. The van der Waals surface area contributed by atoms with Gasteiger partial charge in [0.25, 0.3) is 0 Å². The van der Waals surface area contributed by atoms with E-state index in [1.807, 2.05) is 42.2 Å². The predicted molar refractivity (Wildman–Crippen MR) is 127 cm³/mol. The lowest BCUT2D eigenvalue weighted by atomic mass is 10.0. The van der Waals surface area contributed by atoms with Gasteiger partial charge in [0.2, 0.25) is 5.91 Å². The molecule has 2 aromatic carbocycles. The fourth-order valence-electron chi connectivity index (χ4n) is 3.51. The lowest BCUT2D eigenvalue weighted by Gasteiger charge is -2.39. The van der Waals surface area contributed by atoms with E-state index in [0.717, 1.165) is 28.5 Å². The van der Waals surface area contributed by atoms with Crippen molar-refractivity contribution in [3.8, 4) is 0 Å². The molecule has 0 unspecified atom stereocenters. The number of amidine groups is 1. The zero-order valence-electron chi connectivity index (χ0n) is 19.1. The molecule has 0 bridgehead atoms. The minimum Gasteiger partial charge on any atom is -0.390 e. The first-order valence-corrected chi connectivity index (χ1v) is 10.7. The molecule has 0 atom stereocenters. The largest absolute Gasteiger partial charge is 0.390 e. The van der Waals surface area contributed by atoms with Crippen LogP contribution in [0, 0.1) is 12.7 Å². The fourth-order valence-corrected chi connectivity index (χ4v) is 3.51. The van der Waals surface area contributed by atoms with Crippen LogP contribution in [0.15, 0.2) is 59.3 Å². The number of anilines is 1. The Bertz CT molecular complexity index is 992. The minimum absolute atomic E-state index is 0.0594. The second-order valence-corrected chi connectivity index (χ2v) is 8.67. The van der Waals surface area contributed by atoms with Crippen LogP contribution in [0.5, 0.6) is 0 Å². The third kappa shape index (κ3) is 6.40. The summed E-state index contributed by atoms with van der Waals surface area (Å²) in [5.41, 5.74) is 1.87. The van der Waals surface area contributed by atoms with Gasteiger partial charge in [-0.3, -0.25) is 9.79 Å². The molecule has 1 amide bonds. The van der Waals surface area contributed by atoms with Crippen molar-refractivity contribution in [1.29, 1.82) is 0 Å². The van der Waals surface area contributed by atoms with Gasteiger partial charge in [-0.15, -0.1) is 0 Å². The Kier molecular flexibility index (Phi) is 7.30. The molecule has 3 rings (SSSR count). The van der Waals surface area contributed by atoms with E-state index in [-0.39, 0.29) is 18.1 Å². The number of amides is 1. The van der Waals surface area contributed by atoms with Gasteiger partial charge < -0.3 is 20.2 Å². The van der Waals surface area contributed by atoms with Crippen LogP contribution in [0.25, 0.3) is 6.08 Å². The molecule has 0 radical (unpaired) electrons. The summed E-state index contributed by atoms with van der Waals surface area (Å²) in [5.74, 6) is 1.13. The number of nitrogens with zero attached hydrogens (tertiary/aromatic N) is 3. The standard InChI is InChI=1S/C25H31FN4O2/c1-18-5-11-21(12-6-18)28-22(15-19-7-9-20(26)10-8-19)30-14-13-29(17-23(30)27-4)24(31)16-25(2,3)32/h5-12,15,28,32H,13-14,16-17H2,1-4H3/b22-15+,27-23?. The van der Waals surface area contributed by atoms with Gasteiger partial charge in [-0.25, -0.2) is 4.39 Å². The van der Waals surface area contributed by atoms with Crippen molar-refractivity contribution in [3.63, 3.8) is 0 Å². The first kappa shape index (κ1) is 23.5. The van der Waals surface area contributed by atoms with E-state index in [1.54, 1.807) is 37.9 Å². The van der Waals surface area contributed by atoms with Crippen molar-refractivity contribution in [2.45, 2.75) is 32.8 Å². The van der Waals surface area contributed by atoms with Gasteiger partial charge in [0.15, 0.2) is 0 Å². The maximum atomic E-state index is 13.4. The highest BCUT2D eigenvalue weighted by Crippen LogP contribution is 2.21. The number of nitrogens with one attached hydrogen (secondary N) is 1. The average molecular weight is 439 g/mol. The summed E-state index contributed by atoms with van der Waals surface area (Å²) in [5, 5.41) is 13.5. The molecule has 0 spiro atoms. The van der Waals surface area contributed by atoms with Crippen molar-refractivity contribution in [3.05, 3.63) is 71.3 Å². The van der Waals surface area contributed by atoms with E-state index < -0.39 is 5.60 Å². The van der Waals surface area contributed by atoms with E-state index >= 15 is 0 Å². The number of carbonyl (C=O) groups excluding carboxylic acids is 1. The van der Waals surface area contributed by atoms with Crippen molar-refractivity contribution in [2.75, 3.05) is 32.0 Å². The Labute approximate surface area is 189 Å². The molecule has 7 heteroatoms. The lowest BCUT2D eigenvalue weighted by molar-refractivity contribution is -0.135. The van der Waals surface area contributed by atoms with Crippen LogP contribution >= 0.6 is 0 Å². The summed E-state index contributed by atoms with van der Waals surface area (Å²) in [6, 6.07) is 14.4. The highest BCUT2D eigenvalue weighted by Gasteiger charge is 2.30. The van der Waals surface area contributed by atoms with Crippen molar-refractivity contribution in [1.82, 2.24) is 9.80 Å². The van der Waals surface area contributed by atoms with Crippen molar-refractivity contribution in [2.24, 2.45) is 4.99 Å². The van der Waals surface area contributed by atoms with Crippen LogP contribution in [0.3, 0.4) is 0 Å². The fraction of sp³-hybridized carbons (Fsp3) is 0.360. The van der Waals surface area contributed by atoms with Crippen LogP contribution in [0.4, 0.5) is 10.1 Å².